The van der Waals surface area contributed by atoms with Gasteiger partial charge in [-0.3, -0.25) is 9.78 Å². The van der Waals surface area contributed by atoms with Crippen LogP contribution >= 0.6 is 0 Å². The Morgan fingerprint density at radius 2 is 1.67 bits per heavy atom. The van der Waals surface area contributed by atoms with Crippen molar-refractivity contribution in [2.24, 2.45) is 5.73 Å². The van der Waals surface area contributed by atoms with Crippen LogP contribution in [-0.2, 0) is 21.3 Å². The molecule has 0 aliphatic heterocycles. The number of aromatic nitrogens is 1. The predicted octanol–water partition coefficient (Wildman–Crippen LogP) is 2.30. The van der Waals surface area contributed by atoms with Crippen molar-refractivity contribution in [3.63, 3.8) is 0 Å². The van der Waals surface area contributed by atoms with Crippen LogP contribution in [0.5, 0.6) is 5.75 Å². The maximum absolute atomic E-state index is 12.8. The minimum absolute atomic E-state index is 0.0385. The summed E-state index contributed by atoms with van der Waals surface area (Å²) in [5, 5.41) is 10.6. The van der Waals surface area contributed by atoms with E-state index < -0.39 is 28.3 Å². The monoisotopic (exact) mass is 469 g/mol. The maximum atomic E-state index is 12.8. The number of carbonyl (C=O) groups excluding carboxylic acids is 1. The summed E-state index contributed by atoms with van der Waals surface area (Å²) in [6.45, 7) is 1.75. The minimum Gasteiger partial charge on any atom is -0.386 e. The second-order valence-corrected chi connectivity index (χ2v) is 9.24. The number of likely N-dealkylation sites (N-methyl/N-ethyl adjacent to an activating group) is 1. The molecule has 174 valence electrons. The van der Waals surface area contributed by atoms with Crippen molar-refractivity contribution in [3.8, 4) is 5.75 Å². The van der Waals surface area contributed by atoms with E-state index in [1.54, 1.807) is 50.4 Å². The van der Waals surface area contributed by atoms with Crippen LogP contribution in [0.25, 0.3) is 0 Å². The van der Waals surface area contributed by atoms with E-state index in [1.807, 2.05) is 18.2 Å². The van der Waals surface area contributed by atoms with Gasteiger partial charge >= 0.3 is 10.1 Å². The first kappa shape index (κ1) is 24.4. The number of benzene rings is 2. The molecule has 0 radical (unpaired) electrons. The van der Waals surface area contributed by atoms with Gasteiger partial charge in [0.25, 0.3) is 0 Å². The Hall–Kier alpha value is -3.27. The van der Waals surface area contributed by atoms with Gasteiger partial charge in [-0.2, -0.15) is 8.42 Å². The molecule has 0 saturated heterocycles. The lowest BCUT2D eigenvalue weighted by Crippen LogP contribution is -2.48. The van der Waals surface area contributed by atoms with Gasteiger partial charge in [-0.05, 0) is 36.8 Å². The number of carbonyl (C=O) groups is 1. The van der Waals surface area contributed by atoms with Gasteiger partial charge in [0.2, 0.25) is 5.91 Å². The Morgan fingerprint density at radius 1 is 1.06 bits per heavy atom. The van der Waals surface area contributed by atoms with Crippen LogP contribution in [0.1, 0.15) is 24.3 Å². The molecular formula is C24H27N3O5S. The highest BCUT2D eigenvalue weighted by molar-refractivity contribution is 7.87. The molecule has 2 aromatic carbocycles. The molecule has 3 atom stereocenters. The molecule has 0 unspecified atom stereocenters. The van der Waals surface area contributed by atoms with Gasteiger partial charge in [0.05, 0.1) is 24.4 Å². The van der Waals surface area contributed by atoms with Crippen LogP contribution in [0.2, 0.25) is 0 Å². The summed E-state index contributed by atoms with van der Waals surface area (Å²) in [6.07, 6.45) is 0.565. The second kappa shape index (κ2) is 10.6. The fourth-order valence-corrected chi connectivity index (χ4v) is 4.20. The predicted molar refractivity (Wildman–Crippen MR) is 124 cm³/mol. The highest BCUT2D eigenvalue weighted by Gasteiger charge is 2.27. The van der Waals surface area contributed by atoms with Crippen molar-refractivity contribution >= 4 is 16.0 Å². The van der Waals surface area contributed by atoms with Gasteiger partial charge in [0.1, 0.15) is 4.90 Å². The Bertz CT molecular complexity index is 1160. The molecule has 3 rings (SSSR count). The van der Waals surface area contributed by atoms with Crippen molar-refractivity contribution in [1.29, 1.82) is 0 Å². The van der Waals surface area contributed by atoms with Gasteiger partial charge in [-0.1, -0.05) is 48.5 Å². The van der Waals surface area contributed by atoms with Gasteiger partial charge in [-0.25, -0.2) is 0 Å². The molecule has 1 amide bonds. The topological polar surface area (TPSA) is 123 Å². The molecule has 8 nitrogen and oxygen atoms in total. The molecule has 0 aliphatic rings. The van der Waals surface area contributed by atoms with Crippen LogP contribution < -0.4 is 9.92 Å². The van der Waals surface area contributed by atoms with E-state index in [-0.39, 0.29) is 23.0 Å². The van der Waals surface area contributed by atoms with E-state index in [0.29, 0.717) is 11.3 Å². The van der Waals surface area contributed by atoms with E-state index in [1.165, 1.54) is 29.3 Å². The summed E-state index contributed by atoms with van der Waals surface area (Å²) in [5.74, 6) is -0.287. The Morgan fingerprint density at radius 3 is 2.24 bits per heavy atom. The molecule has 3 aromatic rings. The quantitative estimate of drug-likeness (QED) is 0.461. The van der Waals surface area contributed by atoms with Crippen molar-refractivity contribution < 1.29 is 22.5 Å². The first-order chi connectivity index (χ1) is 15.7. The fourth-order valence-electron chi connectivity index (χ4n) is 3.26. The molecule has 0 saturated carbocycles. The standard InChI is InChI=1S/C24H27N3O5S/c1-17(23(28)18-9-5-3-6-10-18)27(2)24(29)22(25)15-19-13-14-20(16-26-19)32-33(30,31)21-11-7-4-8-12-21/h3-14,16-17,22-23,28H,15,25H2,1-2H3/t17-,22-,23+/m1/s1. The smallest absolute Gasteiger partial charge is 0.339 e. The first-order valence-electron chi connectivity index (χ1n) is 10.4. The number of hydrogen-bond acceptors (Lipinski definition) is 7. The average Bonchev–Trinajstić information content (AvgIpc) is 2.84. The number of aliphatic hydroxyl groups excluding tert-OH is 1. The van der Waals surface area contributed by atoms with Gasteiger partial charge in [-0.15, -0.1) is 0 Å². The lowest BCUT2D eigenvalue weighted by Gasteiger charge is -2.31. The largest absolute Gasteiger partial charge is 0.386 e. The summed E-state index contributed by atoms with van der Waals surface area (Å²) in [7, 11) is -2.37. The lowest BCUT2D eigenvalue weighted by molar-refractivity contribution is -0.135. The van der Waals surface area contributed by atoms with Crippen molar-refractivity contribution in [1.82, 2.24) is 9.88 Å². The van der Waals surface area contributed by atoms with E-state index in [2.05, 4.69) is 4.98 Å². The minimum atomic E-state index is -3.96. The average molecular weight is 470 g/mol. The third kappa shape index (κ3) is 6.16. The first-order valence-corrected chi connectivity index (χ1v) is 11.8. The van der Waals surface area contributed by atoms with Crippen LogP contribution in [0, 0.1) is 0 Å². The zero-order valence-electron chi connectivity index (χ0n) is 18.4. The molecule has 9 heteroatoms. The summed E-state index contributed by atoms with van der Waals surface area (Å²) in [4.78, 5) is 18.4. The summed E-state index contributed by atoms with van der Waals surface area (Å²) >= 11 is 0. The molecule has 0 bridgehead atoms. The molecule has 1 heterocycles. The third-order valence-corrected chi connectivity index (χ3v) is 6.60. The Labute approximate surface area is 193 Å². The van der Waals surface area contributed by atoms with E-state index in [0.717, 1.165) is 0 Å². The molecule has 1 aromatic heterocycles. The normalized spacial score (nSPS) is 14.2. The number of aliphatic hydroxyl groups is 1. The number of rotatable bonds is 9. The number of nitrogens with zero attached hydrogens (tertiary/aromatic N) is 2. The van der Waals surface area contributed by atoms with Gasteiger partial charge in [0, 0.05) is 19.2 Å². The lowest BCUT2D eigenvalue weighted by atomic mass is 10.0. The maximum Gasteiger partial charge on any atom is 0.339 e. The SMILES string of the molecule is C[C@H]([C@H](O)c1ccccc1)N(C)C(=O)[C@H](N)Cc1ccc(OS(=O)(=O)c2ccccc2)cn1. The van der Waals surface area contributed by atoms with Crippen molar-refractivity contribution in [3.05, 3.63) is 90.3 Å². The molecule has 0 spiro atoms. The van der Waals surface area contributed by atoms with Gasteiger partial charge in [0.15, 0.2) is 5.75 Å². The summed E-state index contributed by atoms with van der Waals surface area (Å²) < 4.78 is 29.7. The Kier molecular flexibility index (Phi) is 7.80. The van der Waals surface area contributed by atoms with E-state index in [9.17, 15) is 18.3 Å². The van der Waals surface area contributed by atoms with Crippen molar-refractivity contribution in [2.45, 2.75) is 36.4 Å². The zero-order valence-corrected chi connectivity index (χ0v) is 19.2. The van der Waals surface area contributed by atoms with Crippen LogP contribution in [-0.4, -0.2) is 48.4 Å². The highest BCUT2D eigenvalue weighted by atomic mass is 32.2. The van der Waals surface area contributed by atoms with E-state index >= 15 is 0 Å². The molecule has 0 fully saturated rings. The molecular weight excluding hydrogens is 442 g/mol. The van der Waals surface area contributed by atoms with E-state index in [4.69, 9.17) is 9.92 Å². The second-order valence-electron chi connectivity index (χ2n) is 7.69. The summed E-state index contributed by atoms with van der Waals surface area (Å²) in [6, 6.07) is 18.5. The fraction of sp³-hybridized carbons (Fsp3) is 0.250. The highest BCUT2D eigenvalue weighted by Crippen LogP contribution is 2.21. The van der Waals surface area contributed by atoms with Gasteiger partial charge < -0.3 is 19.9 Å². The third-order valence-electron chi connectivity index (χ3n) is 5.34. The summed E-state index contributed by atoms with van der Waals surface area (Å²) in [5.41, 5.74) is 7.32. The number of pyridine rings is 1. The number of amides is 1. The van der Waals surface area contributed by atoms with Crippen LogP contribution in [0.3, 0.4) is 0 Å². The van der Waals surface area contributed by atoms with Crippen LogP contribution in [0.4, 0.5) is 0 Å². The molecule has 3 N–H and O–H groups in total. The number of nitrogens with two attached hydrogens (primary N) is 1. The molecule has 33 heavy (non-hydrogen) atoms. The Balaban J connectivity index is 1.60. The van der Waals surface area contributed by atoms with Crippen molar-refractivity contribution in [2.75, 3.05) is 7.05 Å². The molecule has 0 aliphatic carbocycles. The zero-order chi connectivity index (χ0) is 24.0. The number of hydrogen-bond donors (Lipinski definition) is 2. The van der Waals surface area contributed by atoms with Crippen LogP contribution in [0.15, 0.2) is 83.9 Å².